The molecule has 0 bridgehead atoms. The summed E-state index contributed by atoms with van der Waals surface area (Å²) in [6, 6.07) is 5.42. The Hall–Kier alpha value is -1.91. The lowest BCUT2D eigenvalue weighted by atomic mass is 9.96. The maximum absolute atomic E-state index is 12.0. The van der Waals surface area contributed by atoms with Crippen LogP contribution in [0.3, 0.4) is 0 Å². The van der Waals surface area contributed by atoms with Gasteiger partial charge < -0.3 is 20.1 Å². The van der Waals surface area contributed by atoms with E-state index in [9.17, 15) is 4.79 Å². The van der Waals surface area contributed by atoms with Gasteiger partial charge >= 0.3 is 6.03 Å². The van der Waals surface area contributed by atoms with E-state index in [1.165, 1.54) is 19.3 Å². The van der Waals surface area contributed by atoms with E-state index < -0.39 is 0 Å². The first-order valence-electron chi connectivity index (χ1n) is 7.02. The highest BCUT2D eigenvalue weighted by Gasteiger charge is 2.16. The quantitative estimate of drug-likeness (QED) is 0.889. The summed E-state index contributed by atoms with van der Waals surface area (Å²) in [4.78, 5) is 12.0. The average molecular weight is 278 g/mol. The molecule has 1 aromatic rings. The summed E-state index contributed by atoms with van der Waals surface area (Å²) >= 11 is 0. The Kier molecular flexibility index (Phi) is 5.09. The van der Waals surface area contributed by atoms with Crippen LogP contribution in [0.4, 0.5) is 10.5 Å². The summed E-state index contributed by atoms with van der Waals surface area (Å²) in [7, 11) is 3.16. The molecular formula is C15H22N2O3. The maximum atomic E-state index is 12.0. The van der Waals surface area contributed by atoms with Crippen LogP contribution in [0.5, 0.6) is 11.5 Å². The van der Waals surface area contributed by atoms with E-state index >= 15 is 0 Å². The van der Waals surface area contributed by atoms with Crippen LogP contribution in [-0.4, -0.2) is 26.3 Å². The minimum absolute atomic E-state index is 0.180. The van der Waals surface area contributed by atoms with Gasteiger partial charge in [0.1, 0.15) is 11.5 Å². The molecule has 0 radical (unpaired) electrons. The zero-order valence-electron chi connectivity index (χ0n) is 12.1. The number of ether oxygens (including phenoxy) is 2. The molecule has 2 rings (SSSR count). The Morgan fingerprint density at radius 1 is 1.15 bits per heavy atom. The molecule has 2 N–H and O–H groups in total. The molecule has 0 heterocycles. The lowest BCUT2D eigenvalue weighted by Crippen LogP contribution is -2.39. The van der Waals surface area contributed by atoms with Gasteiger partial charge in [-0.1, -0.05) is 19.3 Å². The van der Waals surface area contributed by atoms with E-state index in [4.69, 9.17) is 9.47 Å². The minimum Gasteiger partial charge on any atom is -0.497 e. The first kappa shape index (κ1) is 14.5. The van der Waals surface area contributed by atoms with Crippen molar-refractivity contribution in [3.8, 4) is 11.5 Å². The van der Waals surface area contributed by atoms with Gasteiger partial charge in [0.25, 0.3) is 0 Å². The number of carbonyl (C=O) groups excluding carboxylic acids is 1. The van der Waals surface area contributed by atoms with Gasteiger partial charge in [-0.05, 0) is 25.0 Å². The monoisotopic (exact) mass is 278 g/mol. The fourth-order valence-electron chi connectivity index (χ4n) is 2.49. The zero-order valence-corrected chi connectivity index (χ0v) is 12.1. The smallest absolute Gasteiger partial charge is 0.319 e. The van der Waals surface area contributed by atoms with Crippen molar-refractivity contribution in [3.05, 3.63) is 18.2 Å². The standard InChI is InChI=1S/C15H22N2O3/c1-19-12-8-9-13(14(10-12)20-2)17-15(18)16-11-6-4-3-5-7-11/h8-11H,3-7H2,1-2H3,(H2,16,17,18). The van der Waals surface area contributed by atoms with Crippen LogP contribution in [0.15, 0.2) is 18.2 Å². The fraction of sp³-hybridized carbons (Fsp3) is 0.533. The van der Waals surface area contributed by atoms with Gasteiger partial charge in [0.15, 0.2) is 0 Å². The lowest BCUT2D eigenvalue weighted by molar-refractivity contribution is 0.244. The molecule has 1 aliphatic carbocycles. The molecule has 0 saturated heterocycles. The molecule has 0 aliphatic heterocycles. The normalized spacial score (nSPS) is 15.5. The van der Waals surface area contributed by atoms with E-state index in [0.717, 1.165) is 12.8 Å². The largest absolute Gasteiger partial charge is 0.497 e. The Bertz CT molecular complexity index is 456. The topological polar surface area (TPSA) is 59.6 Å². The van der Waals surface area contributed by atoms with Crippen molar-refractivity contribution in [1.82, 2.24) is 5.32 Å². The highest BCUT2D eigenvalue weighted by atomic mass is 16.5. The molecule has 5 nitrogen and oxygen atoms in total. The van der Waals surface area contributed by atoms with Crippen molar-refractivity contribution in [2.45, 2.75) is 38.1 Å². The van der Waals surface area contributed by atoms with Crippen LogP contribution in [0.25, 0.3) is 0 Å². The Morgan fingerprint density at radius 2 is 1.90 bits per heavy atom. The van der Waals surface area contributed by atoms with Crippen molar-refractivity contribution in [2.75, 3.05) is 19.5 Å². The van der Waals surface area contributed by atoms with E-state index in [1.807, 2.05) is 0 Å². The van der Waals surface area contributed by atoms with Crippen molar-refractivity contribution < 1.29 is 14.3 Å². The third kappa shape index (κ3) is 3.79. The molecule has 20 heavy (non-hydrogen) atoms. The lowest BCUT2D eigenvalue weighted by Gasteiger charge is -2.23. The second-order valence-electron chi connectivity index (χ2n) is 5.00. The fourth-order valence-corrected chi connectivity index (χ4v) is 2.49. The molecular weight excluding hydrogens is 256 g/mol. The van der Waals surface area contributed by atoms with Crippen LogP contribution in [-0.2, 0) is 0 Å². The Morgan fingerprint density at radius 3 is 2.55 bits per heavy atom. The first-order chi connectivity index (χ1) is 9.72. The van der Waals surface area contributed by atoms with Crippen molar-refractivity contribution in [3.63, 3.8) is 0 Å². The highest BCUT2D eigenvalue weighted by molar-refractivity contribution is 5.91. The van der Waals surface area contributed by atoms with E-state index in [-0.39, 0.29) is 12.1 Å². The van der Waals surface area contributed by atoms with Crippen LogP contribution in [0.2, 0.25) is 0 Å². The number of urea groups is 1. The number of hydrogen-bond acceptors (Lipinski definition) is 3. The SMILES string of the molecule is COc1ccc(NC(=O)NC2CCCCC2)c(OC)c1. The number of nitrogens with one attached hydrogen (secondary N) is 2. The summed E-state index contributed by atoms with van der Waals surface area (Å²) in [5.41, 5.74) is 0.640. The van der Waals surface area contributed by atoms with Gasteiger partial charge in [-0.3, -0.25) is 0 Å². The summed E-state index contributed by atoms with van der Waals surface area (Å²) in [5, 5.41) is 5.84. The van der Waals surface area contributed by atoms with Crippen molar-refractivity contribution in [1.29, 1.82) is 0 Å². The number of hydrogen-bond donors (Lipinski definition) is 2. The molecule has 1 aromatic carbocycles. The molecule has 110 valence electrons. The van der Waals surface area contributed by atoms with Crippen molar-refractivity contribution >= 4 is 11.7 Å². The highest BCUT2D eigenvalue weighted by Crippen LogP contribution is 2.29. The number of rotatable bonds is 4. The number of methoxy groups -OCH3 is 2. The summed E-state index contributed by atoms with van der Waals surface area (Å²) in [6.07, 6.45) is 5.78. The maximum Gasteiger partial charge on any atom is 0.319 e. The first-order valence-corrected chi connectivity index (χ1v) is 7.02. The predicted molar refractivity (Wildman–Crippen MR) is 78.6 cm³/mol. The predicted octanol–water partition coefficient (Wildman–Crippen LogP) is 3.16. The third-order valence-corrected chi connectivity index (χ3v) is 3.60. The van der Waals surface area contributed by atoms with Gasteiger partial charge in [0.05, 0.1) is 19.9 Å². The Labute approximate surface area is 119 Å². The molecule has 0 atom stereocenters. The van der Waals surface area contributed by atoms with Crippen LogP contribution in [0, 0.1) is 0 Å². The minimum atomic E-state index is -0.180. The average Bonchev–Trinajstić information content (AvgIpc) is 2.48. The van der Waals surface area contributed by atoms with Gasteiger partial charge in [-0.25, -0.2) is 4.79 Å². The zero-order chi connectivity index (χ0) is 14.4. The molecule has 1 saturated carbocycles. The van der Waals surface area contributed by atoms with Gasteiger partial charge in [0.2, 0.25) is 0 Å². The van der Waals surface area contributed by atoms with E-state index in [2.05, 4.69) is 10.6 Å². The van der Waals surface area contributed by atoms with Gasteiger partial charge in [0, 0.05) is 12.1 Å². The van der Waals surface area contributed by atoms with Crippen molar-refractivity contribution in [2.24, 2.45) is 0 Å². The van der Waals surface area contributed by atoms with E-state index in [0.29, 0.717) is 17.2 Å². The molecule has 2 amide bonds. The third-order valence-electron chi connectivity index (χ3n) is 3.60. The van der Waals surface area contributed by atoms with Crippen LogP contribution < -0.4 is 20.1 Å². The number of benzene rings is 1. The van der Waals surface area contributed by atoms with Crippen LogP contribution >= 0.6 is 0 Å². The number of anilines is 1. The molecule has 0 spiro atoms. The number of carbonyl (C=O) groups is 1. The summed E-state index contributed by atoms with van der Waals surface area (Å²) in [5.74, 6) is 1.28. The van der Waals surface area contributed by atoms with Crippen LogP contribution in [0.1, 0.15) is 32.1 Å². The van der Waals surface area contributed by atoms with Gasteiger partial charge in [-0.15, -0.1) is 0 Å². The molecule has 0 aromatic heterocycles. The summed E-state index contributed by atoms with van der Waals surface area (Å²) in [6.45, 7) is 0. The molecule has 5 heteroatoms. The molecule has 0 unspecified atom stereocenters. The summed E-state index contributed by atoms with van der Waals surface area (Å²) < 4.78 is 10.4. The second-order valence-corrected chi connectivity index (χ2v) is 5.00. The van der Waals surface area contributed by atoms with E-state index in [1.54, 1.807) is 32.4 Å². The van der Waals surface area contributed by atoms with Gasteiger partial charge in [-0.2, -0.15) is 0 Å². The molecule has 1 fully saturated rings. The Balaban J connectivity index is 1.96. The number of amides is 2. The second kappa shape index (κ2) is 7.03. The molecule has 1 aliphatic rings.